The smallest absolute Gasteiger partial charge is 0.479 e. The van der Waals surface area contributed by atoms with Crippen LogP contribution in [0.4, 0.5) is 22.0 Å². The first-order chi connectivity index (χ1) is 13.4. The molecule has 0 saturated carbocycles. The molecule has 0 spiro atoms. The van der Waals surface area contributed by atoms with Crippen molar-refractivity contribution in [3.8, 4) is 5.75 Å². The van der Waals surface area contributed by atoms with E-state index in [1.807, 2.05) is 0 Å². The maximum absolute atomic E-state index is 13.1. The first-order valence-corrected chi connectivity index (χ1v) is 10.3. The van der Waals surface area contributed by atoms with Crippen LogP contribution in [0.25, 0.3) is 10.2 Å². The zero-order valence-electron chi connectivity index (χ0n) is 15.9. The van der Waals surface area contributed by atoms with Crippen molar-refractivity contribution < 1.29 is 49.2 Å². The van der Waals surface area contributed by atoms with E-state index < -0.39 is 60.7 Å². The number of rotatable bonds is 6. The Morgan fingerprint density at radius 3 is 2.23 bits per heavy atom. The molecule has 1 N–H and O–H groups in total. The van der Waals surface area contributed by atoms with Crippen molar-refractivity contribution in [2.24, 2.45) is 0 Å². The Bertz CT molecular complexity index is 1070. The molecule has 2 aromatic rings. The van der Waals surface area contributed by atoms with Crippen LogP contribution in [-0.4, -0.2) is 35.6 Å². The van der Waals surface area contributed by atoms with Crippen LogP contribution in [-0.2, 0) is 19.6 Å². The highest BCUT2D eigenvalue weighted by Crippen LogP contribution is 2.45. The lowest BCUT2D eigenvalue weighted by Gasteiger charge is -2.27. The summed E-state index contributed by atoms with van der Waals surface area (Å²) in [5.74, 6) is -2.72. The van der Waals surface area contributed by atoms with Crippen molar-refractivity contribution in [3.63, 3.8) is 0 Å². The number of thiazole rings is 1. The summed E-state index contributed by atoms with van der Waals surface area (Å²) in [6.07, 6.45) is -5.05. The van der Waals surface area contributed by atoms with E-state index in [0.717, 1.165) is 6.07 Å². The minimum absolute atomic E-state index is 0.0716. The number of ether oxygens (including phenoxy) is 1. The van der Waals surface area contributed by atoms with Gasteiger partial charge in [0.2, 0.25) is 0 Å². The summed E-state index contributed by atoms with van der Waals surface area (Å²) < 4.78 is 97.4. The van der Waals surface area contributed by atoms with Gasteiger partial charge in [0.15, 0.2) is 16.9 Å². The third-order valence-electron chi connectivity index (χ3n) is 3.52. The number of hydrogen-bond donors (Lipinski definition) is 1. The molecule has 14 heteroatoms. The monoisotopic (exact) mass is 477 g/mol. The van der Waals surface area contributed by atoms with Gasteiger partial charge in [0.25, 0.3) is 6.43 Å². The van der Waals surface area contributed by atoms with Crippen LogP contribution in [0.5, 0.6) is 5.75 Å². The van der Waals surface area contributed by atoms with Gasteiger partial charge in [-0.05, 0) is 39.3 Å². The summed E-state index contributed by atoms with van der Waals surface area (Å²) >= 11 is 0.187. The normalized spacial score (nSPS) is 14.3. The lowest BCUT2D eigenvalue weighted by molar-refractivity contribution is -0.160. The van der Waals surface area contributed by atoms with Gasteiger partial charge >= 0.3 is 21.6 Å². The van der Waals surface area contributed by atoms with Crippen molar-refractivity contribution in [2.45, 2.75) is 51.3 Å². The molecule has 7 nitrogen and oxygen atoms in total. The van der Waals surface area contributed by atoms with Crippen molar-refractivity contribution in [3.05, 3.63) is 22.2 Å². The van der Waals surface area contributed by atoms with E-state index in [0.29, 0.717) is 0 Å². The second kappa shape index (κ2) is 7.89. The highest BCUT2D eigenvalue weighted by atomic mass is 32.2. The van der Waals surface area contributed by atoms with Crippen molar-refractivity contribution in [1.82, 2.24) is 4.98 Å². The molecule has 2 rings (SSSR count). The number of benzene rings is 1. The SMILES string of the molecule is Cc1cc2nc(C(F)F)sc2c(OS(=O)(=O)C(F)(F)F)c1C(OC(C)(C)C)C(=O)O. The van der Waals surface area contributed by atoms with Crippen molar-refractivity contribution >= 4 is 37.6 Å². The number of aromatic nitrogens is 1. The van der Waals surface area contributed by atoms with Crippen LogP contribution in [0.15, 0.2) is 6.07 Å². The predicted octanol–water partition coefficient (Wildman–Crippen LogP) is 4.71. The predicted molar refractivity (Wildman–Crippen MR) is 96.1 cm³/mol. The Labute approximate surface area is 171 Å². The molecule has 0 aliphatic heterocycles. The molecule has 0 saturated heterocycles. The van der Waals surface area contributed by atoms with Crippen LogP contribution in [0, 0.1) is 6.92 Å². The molecule has 30 heavy (non-hydrogen) atoms. The van der Waals surface area contributed by atoms with Gasteiger partial charge in [-0.25, -0.2) is 18.6 Å². The standard InChI is InChI=1S/C16H16F5NO6S2/c1-6-5-7-11(29-13(22-7)12(17)18)9(28-30(25,26)16(19,20)21)8(6)10(14(23)24)27-15(2,3)4/h5,10,12H,1-4H3,(H,23,24). The van der Waals surface area contributed by atoms with Crippen LogP contribution in [0.1, 0.15) is 49.4 Å². The summed E-state index contributed by atoms with van der Waals surface area (Å²) in [7, 11) is -6.25. The van der Waals surface area contributed by atoms with E-state index in [1.54, 1.807) is 0 Å². The van der Waals surface area contributed by atoms with Gasteiger partial charge in [-0.1, -0.05) is 0 Å². The number of nitrogens with zero attached hydrogens (tertiary/aromatic N) is 1. The molecule has 0 amide bonds. The molecule has 1 atom stereocenters. The lowest BCUT2D eigenvalue weighted by Crippen LogP contribution is -2.31. The Hall–Kier alpha value is -2.06. The van der Waals surface area contributed by atoms with Gasteiger partial charge in [0.05, 0.1) is 15.8 Å². The number of fused-ring (bicyclic) bond motifs is 1. The van der Waals surface area contributed by atoms with E-state index in [2.05, 4.69) is 9.17 Å². The number of aliphatic carboxylic acids is 1. The number of carboxylic acids is 1. The first-order valence-electron chi connectivity index (χ1n) is 8.08. The summed E-state index contributed by atoms with van der Waals surface area (Å²) in [6, 6.07) is 1.14. The Morgan fingerprint density at radius 1 is 1.23 bits per heavy atom. The van der Waals surface area contributed by atoms with Gasteiger partial charge in [0.1, 0.15) is 0 Å². The van der Waals surface area contributed by atoms with E-state index in [1.165, 1.54) is 27.7 Å². The molecule has 0 radical (unpaired) electrons. The van der Waals surface area contributed by atoms with E-state index in [4.69, 9.17) is 4.74 Å². The third kappa shape index (κ3) is 4.98. The molecule has 1 aromatic heterocycles. The molecule has 168 valence electrons. The van der Waals surface area contributed by atoms with Gasteiger partial charge in [-0.3, -0.25) is 0 Å². The number of hydrogen-bond acceptors (Lipinski definition) is 7. The Morgan fingerprint density at radius 2 is 1.80 bits per heavy atom. The van der Waals surface area contributed by atoms with Crippen molar-refractivity contribution in [2.75, 3.05) is 0 Å². The van der Waals surface area contributed by atoms with Crippen LogP contribution >= 0.6 is 11.3 Å². The second-order valence-corrected chi connectivity index (χ2v) is 9.64. The molecule has 1 heterocycles. The minimum atomic E-state index is -6.25. The number of carbonyl (C=O) groups is 1. The maximum atomic E-state index is 13.1. The highest BCUT2D eigenvalue weighted by Gasteiger charge is 2.49. The van der Waals surface area contributed by atoms with Crippen LogP contribution < -0.4 is 4.18 Å². The number of aryl methyl sites for hydroxylation is 1. The summed E-state index contributed by atoms with van der Waals surface area (Å²) in [5, 5.41) is 8.77. The molecule has 1 aromatic carbocycles. The molecule has 0 fully saturated rings. The zero-order chi connectivity index (χ0) is 23.2. The molecule has 0 aliphatic rings. The van der Waals surface area contributed by atoms with Gasteiger partial charge in [-0.2, -0.15) is 21.6 Å². The maximum Gasteiger partial charge on any atom is 0.534 e. The summed E-state index contributed by atoms with van der Waals surface area (Å²) in [4.78, 5) is 15.4. The fraction of sp³-hybridized carbons (Fsp3) is 0.500. The van der Waals surface area contributed by atoms with Crippen molar-refractivity contribution in [1.29, 1.82) is 0 Å². The topological polar surface area (TPSA) is 103 Å². The van der Waals surface area contributed by atoms with E-state index in [-0.39, 0.29) is 22.4 Å². The molecule has 1 unspecified atom stereocenters. The summed E-state index contributed by atoms with van der Waals surface area (Å²) in [6.45, 7) is 5.63. The average molecular weight is 477 g/mol. The number of halogens is 5. The second-order valence-electron chi connectivity index (χ2n) is 7.07. The quantitative estimate of drug-likeness (QED) is 0.365. The molecular formula is C16H16F5NO6S2. The Kier molecular flexibility index (Phi) is 6.37. The molecular weight excluding hydrogens is 461 g/mol. The van der Waals surface area contributed by atoms with Gasteiger partial charge in [0, 0.05) is 5.56 Å². The third-order valence-corrected chi connectivity index (χ3v) is 5.55. The van der Waals surface area contributed by atoms with Gasteiger partial charge < -0.3 is 14.0 Å². The fourth-order valence-corrected chi connectivity index (χ4v) is 3.87. The Balaban J connectivity index is 2.89. The van der Waals surface area contributed by atoms with E-state index >= 15 is 0 Å². The van der Waals surface area contributed by atoms with Gasteiger partial charge in [-0.15, -0.1) is 11.3 Å². The van der Waals surface area contributed by atoms with Crippen LogP contribution in [0.2, 0.25) is 0 Å². The highest BCUT2D eigenvalue weighted by molar-refractivity contribution is 7.88. The largest absolute Gasteiger partial charge is 0.534 e. The molecule has 0 aliphatic carbocycles. The fourth-order valence-electron chi connectivity index (χ4n) is 2.44. The average Bonchev–Trinajstić information content (AvgIpc) is 2.95. The number of alkyl halides is 5. The lowest BCUT2D eigenvalue weighted by atomic mass is 10.0. The summed E-state index contributed by atoms with van der Waals surface area (Å²) in [5.41, 5.74) is -7.87. The minimum Gasteiger partial charge on any atom is -0.479 e. The number of carboxylic acid groups (broad SMARTS) is 1. The van der Waals surface area contributed by atoms with E-state index in [9.17, 15) is 40.3 Å². The molecule has 0 bridgehead atoms. The first kappa shape index (κ1) is 24.2. The zero-order valence-corrected chi connectivity index (χ0v) is 17.5. The van der Waals surface area contributed by atoms with Crippen LogP contribution in [0.3, 0.4) is 0 Å².